The minimum absolute atomic E-state index is 0.0508. The molecule has 1 saturated heterocycles. The number of nitrogens with one attached hydrogen (secondary N) is 1. The van der Waals surface area contributed by atoms with E-state index in [1.165, 1.54) is 6.07 Å². The van der Waals surface area contributed by atoms with Crippen LogP contribution in [0.25, 0.3) is 11.4 Å². The summed E-state index contributed by atoms with van der Waals surface area (Å²) in [5.74, 6) is 1.31. The maximum Gasteiger partial charge on any atom is 0.248 e. The number of aryl methyl sites for hydroxylation is 1. The first kappa shape index (κ1) is 16.8. The van der Waals surface area contributed by atoms with Crippen molar-refractivity contribution in [1.29, 1.82) is 0 Å². The van der Waals surface area contributed by atoms with Crippen molar-refractivity contribution in [2.45, 2.75) is 25.8 Å². The Kier molecular flexibility index (Phi) is 4.55. The molecule has 0 spiro atoms. The smallest absolute Gasteiger partial charge is 0.248 e. The van der Waals surface area contributed by atoms with E-state index in [2.05, 4.69) is 15.1 Å². The third-order valence-electron chi connectivity index (χ3n) is 4.00. The summed E-state index contributed by atoms with van der Waals surface area (Å²) in [5, 5.41) is 4.48. The van der Waals surface area contributed by atoms with Crippen LogP contribution in [0.5, 0.6) is 0 Å². The fourth-order valence-corrected chi connectivity index (χ4v) is 4.59. The van der Waals surface area contributed by atoms with Crippen LogP contribution in [0.15, 0.2) is 16.9 Å². The largest absolute Gasteiger partial charge is 0.384 e. The zero-order valence-corrected chi connectivity index (χ0v) is 14.5. The zero-order chi connectivity index (χ0) is 17.3. The lowest BCUT2D eigenvalue weighted by Gasteiger charge is -2.11. The van der Waals surface area contributed by atoms with Crippen molar-refractivity contribution in [2.75, 3.05) is 25.2 Å². The lowest BCUT2D eigenvalue weighted by atomic mass is 10.2. The first-order chi connectivity index (χ1) is 11.4. The number of sulfone groups is 1. The molecule has 0 aromatic carbocycles. The van der Waals surface area contributed by atoms with E-state index in [9.17, 15) is 13.2 Å². The van der Waals surface area contributed by atoms with E-state index in [1.807, 2.05) is 6.07 Å². The number of hydrogen-bond acceptors (Lipinski definition) is 6. The molecule has 1 atom stereocenters. The molecule has 1 aliphatic heterocycles. The Morgan fingerprint density at radius 3 is 2.83 bits per heavy atom. The normalized spacial score (nSPS) is 19.7. The molecule has 2 aromatic rings. The van der Waals surface area contributed by atoms with Gasteiger partial charge in [-0.05, 0) is 19.4 Å². The molecule has 24 heavy (non-hydrogen) atoms. The van der Waals surface area contributed by atoms with Crippen molar-refractivity contribution in [2.24, 2.45) is 0 Å². The number of aromatic amines is 1. The molecule has 0 amide bonds. The molecule has 1 unspecified atom stereocenters. The second-order valence-electron chi connectivity index (χ2n) is 6.01. The highest BCUT2D eigenvalue weighted by atomic mass is 32.2. The Hall–Kier alpha value is -2.00. The average Bonchev–Trinajstić information content (AvgIpc) is 3.07. The summed E-state index contributed by atoms with van der Waals surface area (Å²) in [5.41, 5.74) is 1.12. The molecule has 8 nitrogen and oxygen atoms in total. The van der Waals surface area contributed by atoms with Gasteiger partial charge in [-0.2, -0.15) is 5.10 Å². The number of hydrogen-bond donors (Lipinski definition) is 1. The summed E-state index contributed by atoms with van der Waals surface area (Å²) in [4.78, 5) is 19.0. The van der Waals surface area contributed by atoms with Gasteiger partial charge >= 0.3 is 0 Å². The van der Waals surface area contributed by atoms with Crippen molar-refractivity contribution < 1.29 is 13.2 Å². The van der Waals surface area contributed by atoms with Gasteiger partial charge in [0, 0.05) is 30.9 Å². The molecule has 9 heteroatoms. The number of ether oxygens (including phenoxy) is 1. The van der Waals surface area contributed by atoms with Crippen molar-refractivity contribution in [1.82, 2.24) is 19.7 Å². The second-order valence-corrected chi connectivity index (χ2v) is 8.24. The van der Waals surface area contributed by atoms with Gasteiger partial charge in [0.2, 0.25) is 5.56 Å². The highest BCUT2D eigenvalue weighted by Gasteiger charge is 2.32. The quantitative estimate of drug-likeness (QED) is 0.839. The van der Waals surface area contributed by atoms with Crippen molar-refractivity contribution in [3.05, 3.63) is 34.0 Å². The number of H-pyrrole nitrogens is 1. The van der Waals surface area contributed by atoms with Gasteiger partial charge in [0.15, 0.2) is 21.5 Å². The summed E-state index contributed by atoms with van der Waals surface area (Å²) >= 11 is 0. The molecule has 0 bridgehead atoms. The minimum Gasteiger partial charge on any atom is -0.384 e. The molecule has 130 valence electrons. The first-order valence-electron chi connectivity index (χ1n) is 7.74. The number of pyridine rings is 1. The predicted molar refractivity (Wildman–Crippen MR) is 88.7 cm³/mol. The number of aromatic nitrogens is 4. The summed E-state index contributed by atoms with van der Waals surface area (Å²) in [6.45, 7) is 2.26. The summed E-state index contributed by atoms with van der Waals surface area (Å²) in [6.07, 6.45) is 1.03. The molecule has 0 saturated carbocycles. The molecule has 3 rings (SSSR count). The van der Waals surface area contributed by atoms with Gasteiger partial charge in [-0.25, -0.2) is 18.1 Å². The van der Waals surface area contributed by atoms with E-state index in [0.717, 1.165) is 0 Å². The van der Waals surface area contributed by atoms with Crippen LogP contribution in [0.2, 0.25) is 0 Å². The second kappa shape index (κ2) is 6.48. The van der Waals surface area contributed by atoms with Gasteiger partial charge in [0.25, 0.3) is 0 Å². The van der Waals surface area contributed by atoms with Gasteiger partial charge < -0.3 is 9.72 Å². The van der Waals surface area contributed by atoms with Crippen LogP contribution in [0.4, 0.5) is 0 Å². The SMILES string of the molecule is COCCc1nc(-c2cc(C)[nH]c(=O)c2)n(C2CCS(=O)(=O)C2)n1. The van der Waals surface area contributed by atoms with Crippen LogP contribution in [-0.2, 0) is 21.0 Å². The lowest BCUT2D eigenvalue weighted by Crippen LogP contribution is -2.15. The Labute approximate surface area is 139 Å². The molecule has 0 aliphatic carbocycles. The minimum atomic E-state index is -3.05. The summed E-state index contributed by atoms with van der Waals surface area (Å²) in [7, 11) is -1.45. The van der Waals surface area contributed by atoms with Crippen LogP contribution in [0.3, 0.4) is 0 Å². The van der Waals surface area contributed by atoms with Gasteiger partial charge in [0.05, 0.1) is 24.2 Å². The predicted octanol–water partition coefficient (Wildman–Crippen LogP) is 0.490. The summed E-state index contributed by atoms with van der Waals surface area (Å²) in [6, 6.07) is 3.01. The molecule has 1 aliphatic rings. The maximum atomic E-state index is 11.8. The molecular weight excluding hydrogens is 332 g/mol. The average molecular weight is 352 g/mol. The Morgan fingerprint density at radius 1 is 1.42 bits per heavy atom. The third kappa shape index (κ3) is 3.57. The van der Waals surface area contributed by atoms with E-state index < -0.39 is 9.84 Å². The van der Waals surface area contributed by atoms with Gasteiger partial charge in [-0.1, -0.05) is 0 Å². The fourth-order valence-electron chi connectivity index (χ4n) is 2.90. The Bertz CT molecular complexity index is 900. The van der Waals surface area contributed by atoms with Gasteiger partial charge in [-0.15, -0.1) is 0 Å². The van der Waals surface area contributed by atoms with E-state index in [4.69, 9.17) is 4.74 Å². The molecule has 1 N–H and O–H groups in total. The number of rotatable bonds is 5. The van der Waals surface area contributed by atoms with Crippen LogP contribution < -0.4 is 5.56 Å². The van der Waals surface area contributed by atoms with Gasteiger partial charge in [0.1, 0.15) is 0 Å². The molecule has 2 aromatic heterocycles. The van der Waals surface area contributed by atoms with Crippen LogP contribution in [0, 0.1) is 6.92 Å². The highest BCUT2D eigenvalue weighted by Crippen LogP contribution is 2.28. The fraction of sp³-hybridized carbons (Fsp3) is 0.533. The lowest BCUT2D eigenvalue weighted by molar-refractivity contribution is 0.200. The molecular formula is C15H20N4O4S. The zero-order valence-electron chi connectivity index (χ0n) is 13.7. The standard InChI is InChI=1S/C15H20N4O4S/c1-10-7-11(8-14(20)16-10)15-17-13(3-5-23-2)18-19(15)12-4-6-24(21,22)9-12/h7-8,12H,3-6,9H2,1-2H3,(H,16,20). The van der Waals surface area contributed by atoms with E-state index in [0.29, 0.717) is 42.4 Å². The molecule has 0 radical (unpaired) electrons. The highest BCUT2D eigenvalue weighted by molar-refractivity contribution is 7.91. The molecule has 1 fully saturated rings. The van der Waals surface area contributed by atoms with E-state index >= 15 is 0 Å². The van der Waals surface area contributed by atoms with Crippen molar-refractivity contribution in [3.8, 4) is 11.4 Å². The van der Waals surface area contributed by atoms with Crippen molar-refractivity contribution in [3.63, 3.8) is 0 Å². The Morgan fingerprint density at radius 2 is 2.21 bits per heavy atom. The van der Waals surface area contributed by atoms with Gasteiger partial charge in [-0.3, -0.25) is 4.79 Å². The van der Waals surface area contributed by atoms with E-state index in [-0.39, 0.29) is 23.1 Å². The number of nitrogens with zero attached hydrogens (tertiary/aromatic N) is 3. The summed E-state index contributed by atoms with van der Waals surface area (Å²) < 4.78 is 30.3. The van der Waals surface area contributed by atoms with E-state index in [1.54, 1.807) is 18.7 Å². The monoisotopic (exact) mass is 352 g/mol. The van der Waals surface area contributed by atoms with Crippen LogP contribution in [-0.4, -0.2) is 53.4 Å². The topological polar surface area (TPSA) is 107 Å². The van der Waals surface area contributed by atoms with Crippen LogP contribution >= 0.6 is 0 Å². The van der Waals surface area contributed by atoms with Crippen LogP contribution in [0.1, 0.15) is 24.0 Å². The first-order valence-corrected chi connectivity index (χ1v) is 9.56. The Balaban J connectivity index is 2.06. The third-order valence-corrected chi connectivity index (χ3v) is 5.75. The maximum absolute atomic E-state index is 11.8. The number of methoxy groups -OCH3 is 1. The van der Waals surface area contributed by atoms with Crippen molar-refractivity contribution >= 4 is 9.84 Å². The molecule has 3 heterocycles.